The van der Waals surface area contributed by atoms with Gasteiger partial charge in [0.25, 0.3) is 0 Å². The number of halogens is 2. The molecule has 25 heavy (non-hydrogen) atoms. The first-order valence-corrected chi connectivity index (χ1v) is 8.14. The van der Waals surface area contributed by atoms with Gasteiger partial charge in [-0.05, 0) is 42.5 Å². The van der Waals surface area contributed by atoms with Crippen LogP contribution in [0.15, 0.2) is 52.7 Å². The number of azo groups is 1. The van der Waals surface area contributed by atoms with Gasteiger partial charge in [-0.15, -0.1) is 10.2 Å². The van der Waals surface area contributed by atoms with Gasteiger partial charge in [0.2, 0.25) is 5.69 Å². The quantitative estimate of drug-likeness (QED) is 0.505. The number of aromatic amines is 1. The zero-order valence-electron chi connectivity index (χ0n) is 13.6. The number of benzene rings is 2. The summed E-state index contributed by atoms with van der Waals surface area (Å²) < 4.78 is 6.86. The minimum absolute atomic E-state index is 0.417. The van der Waals surface area contributed by atoms with E-state index in [9.17, 15) is 0 Å². The highest BCUT2D eigenvalue weighted by Crippen LogP contribution is 2.35. The maximum absolute atomic E-state index is 6.13. The number of ether oxygens (including phenoxy) is 1. The van der Waals surface area contributed by atoms with Gasteiger partial charge in [-0.3, -0.25) is 5.73 Å². The molecule has 0 unspecified atom stereocenters. The molecule has 0 radical (unpaired) electrons. The fourth-order valence-electron chi connectivity index (χ4n) is 2.29. The van der Waals surface area contributed by atoms with Crippen molar-refractivity contribution in [1.82, 2.24) is 5.10 Å². The molecule has 0 bridgehead atoms. The van der Waals surface area contributed by atoms with Gasteiger partial charge in [0.15, 0.2) is 0 Å². The van der Waals surface area contributed by atoms with Crippen molar-refractivity contribution in [3.8, 4) is 17.0 Å². The molecule has 0 spiro atoms. The number of aromatic nitrogens is 2. The Labute approximate surface area is 154 Å². The van der Waals surface area contributed by atoms with Gasteiger partial charge < -0.3 is 4.74 Å². The van der Waals surface area contributed by atoms with Crippen LogP contribution in [0.4, 0.5) is 17.2 Å². The Morgan fingerprint density at radius 3 is 2.44 bits per heavy atom. The van der Waals surface area contributed by atoms with Crippen LogP contribution in [0, 0.1) is 0 Å². The third-order valence-corrected chi connectivity index (χ3v) is 4.20. The maximum Gasteiger partial charge on any atom is 0.321 e. The molecule has 3 aromatic rings. The summed E-state index contributed by atoms with van der Waals surface area (Å²) in [7, 11) is 3.42. The van der Waals surface area contributed by atoms with Gasteiger partial charge in [0.1, 0.15) is 24.2 Å². The van der Waals surface area contributed by atoms with Crippen LogP contribution in [0.25, 0.3) is 11.3 Å². The Kier molecular flexibility index (Phi) is 4.92. The predicted molar refractivity (Wildman–Crippen MR) is 99.0 cm³/mol. The van der Waals surface area contributed by atoms with E-state index in [1.54, 1.807) is 37.0 Å². The lowest BCUT2D eigenvalue weighted by molar-refractivity contribution is -0.712. The van der Waals surface area contributed by atoms with Crippen LogP contribution in [-0.4, -0.2) is 12.2 Å². The summed E-state index contributed by atoms with van der Waals surface area (Å²) in [5.41, 5.74) is 8.81. The Bertz CT molecular complexity index is 935. The van der Waals surface area contributed by atoms with Crippen LogP contribution in [0.3, 0.4) is 0 Å². The standard InChI is InChI=1S/C17H15Cl2N5O/c1-24-17(20)16(22-21-14-8-5-11(18)9-13(14)19)15(23-24)10-3-6-12(25-2)7-4-10/h3-9H,1-2H3,(H2,20,21,23)/p+1. The van der Waals surface area contributed by atoms with E-state index in [2.05, 4.69) is 15.3 Å². The van der Waals surface area contributed by atoms with Crippen molar-refractivity contribution in [3.63, 3.8) is 0 Å². The number of nitrogens with zero attached hydrogens (tertiary/aromatic N) is 3. The van der Waals surface area contributed by atoms with Crippen molar-refractivity contribution in [3.05, 3.63) is 52.5 Å². The van der Waals surface area contributed by atoms with Crippen molar-refractivity contribution >= 4 is 40.4 Å². The Morgan fingerprint density at radius 2 is 1.80 bits per heavy atom. The van der Waals surface area contributed by atoms with E-state index in [0.29, 0.717) is 27.2 Å². The van der Waals surface area contributed by atoms with Crippen LogP contribution in [0.2, 0.25) is 10.0 Å². The summed E-state index contributed by atoms with van der Waals surface area (Å²) in [6.45, 7) is 0. The van der Waals surface area contributed by atoms with E-state index in [1.807, 2.05) is 24.3 Å². The molecule has 3 rings (SSSR count). The molecule has 0 aliphatic carbocycles. The summed E-state index contributed by atoms with van der Waals surface area (Å²) in [4.78, 5) is 0. The van der Waals surface area contributed by atoms with Crippen LogP contribution >= 0.6 is 23.2 Å². The Hall–Kier alpha value is -2.57. The molecule has 0 aliphatic rings. The zero-order valence-corrected chi connectivity index (χ0v) is 15.1. The molecule has 2 aromatic carbocycles. The number of methoxy groups -OCH3 is 1. The average Bonchev–Trinajstić information content (AvgIpc) is 2.89. The summed E-state index contributed by atoms with van der Waals surface area (Å²) in [5.74, 6) is 1.23. The molecule has 3 N–H and O–H groups in total. The van der Waals surface area contributed by atoms with Crippen LogP contribution in [-0.2, 0) is 7.05 Å². The third-order valence-electron chi connectivity index (χ3n) is 3.67. The van der Waals surface area contributed by atoms with Gasteiger partial charge in [-0.1, -0.05) is 23.2 Å². The summed E-state index contributed by atoms with van der Waals surface area (Å²) >= 11 is 12.0. The maximum atomic E-state index is 6.13. The van der Waals surface area contributed by atoms with E-state index in [4.69, 9.17) is 33.7 Å². The number of hydrogen-bond acceptors (Lipinski definition) is 4. The fraction of sp³-hybridized carbons (Fsp3) is 0.118. The smallest absolute Gasteiger partial charge is 0.321 e. The highest BCUT2D eigenvalue weighted by molar-refractivity contribution is 6.36. The SMILES string of the molecule is COc1ccc(-c2[nH][n+](C)c(N)c2N=Nc2ccc(Cl)cc2Cl)cc1. The number of H-pyrrole nitrogens is 1. The normalized spacial score (nSPS) is 11.2. The molecule has 0 aliphatic heterocycles. The summed E-state index contributed by atoms with van der Waals surface area (Å²) in [6.07, 6.45) is 0. The minimum Gasteiger partial charge on any atom is -0.497 e. The first-order valence-electron chi connectivity index (χ1n) is 7.38. The molecule has 1 heterocycles. The van der Waals surface area contributed by atoms with Crippen molar-refractivity contribution in [2.45, 2.75) is 0 Å². The first-order chi connectivity index (χ1) is 12.0. The number of nitrogens with two attached hydrogens (primary N) is 1. The van der Waals surface area contributed by atoms with Crippen LogP contribution < -0.4 is 15.2 Å². The van der Waals surface area contributed by atoms with Gasteiger partial charge in [0, 0.05) is 10.6 Å². The van der Waals surface area contributed by atoms with Gasteiger partial charge >= 0.3 is 5.82 Å². The lowest BCUT2D eigenvalue weighted by Crippen LogP contribution is -2.32. The number of rotatable bonds is 4. The highest BCUT2D eigenvalue weighted by Gasteiger charge is 2.20. The topological polar surface area (TPSA) is 79.6 Å². The molecule has 0 saturated heterocycles. The van der Waals surface area contributed by atoms with E-state index in [1.165, 1.54) is 0 Å². The van der Waals surface area contributed by atoms with E-state index >= 15 is 0 Å². The second-order valence-corrected chi connectivity index (χ2v) is 6.15. The van der Waals surface area contributed by atoms with Gasteiger partial charge in [0.05, 0.1) is 12.1 Å². The molecule has 6 nitrogen and oxygen atoms in total. The third kappa shape index (κ3) is 3.60. The number of aryl methyl sites for hydroxylation is 1. The predicted octanol–water partition coefficient (Wildman–Crippen LogP) is 4.82. The fourth-order valence-corrected chi connectivity index (χ4v) is 2.74. The van der Waals surface area contributed by atoms with Crippen LogP contribution in [0.1, 0.15) is 0 Å². The highest BCUT2D eigenvalue weighted by atomic mass is 35.5. The number of nitrogen functional groups attached to an aromatic ring is 1. The average molecular weight is 377 g/mol. The molecule has 0 fully saturated rings. The van der Waals surface area contributed by atoms with Crippen molar-refractivity contribution < 1.29 is 9.42 Å². The molecule has 128 valence electrons. The number of hydrogen-bond donors (Lipinski definition) is 2. The van der Waals surface area contributed by atoms with Crippen LogP contribution in [0.5, 0.6) is 5.75 Å². The monoisotopic (exact) mass is 376 g/mol. The summed E-state index contributed by atoms with van der Waals surface area (Å²) in [5, 5.41) is 12.6. The van der Waals surface area contributed by atoms with Gasteiger partial charge in [-0.25, -0.2) is 5.10 Å². The van der Waals surface area contributed by atoms with Crippen molar-refractivity contribution in [2.75, 3.05) is 12.8 Å². The molecule has 0 saturated carbocycles. The molecule has 8 heteroatoms. The Morgan fingerprint density at radius 1 is 1.08 bits per heavy atom. The van der Waals surface area contributed by atoms with E-state index in [0.717, 1.165) is 17.0 Å². The Balaban J connectivity index is 2.02. The van der Waals surface area contributed by atoms with E-state index in [-0.39, 0.29) is 0 Å². The van der Waals surface area contributed by atoms with E-state index < -0.39 is 0 Å². The number of nitrogens with one attached hydrogen (secondary N) is 1. The largest absolute Gasteiger partial charge is 0.497 e. The lowest BCUT2D eigenvalue weighted by Gasteiger charge is -2.01. The summed E-state index contributed by atoms with van der Waals surface area (Å²) in [6, 6.07) is 12.6. The zero-order chi connectivity index (χ0) is 18.0. The second-order valence-electron chi connectivity index (χ2n) is 5.30. The first kappa shape index (κ1) is 17.3. The molecular weight excluding hydrogens is 361 g/mol. The number of anilines is 1. The minimum atomic E-state index is 0.417. The molecule has 0 amide bonds. The molecule has 1 aromatic heterocycles. The second kappa shape index (κ2) is 7.13. The molecular formula is C17H16Cl2N5O+. The van der Waals surface area contributed by atoms with Crippen molar-refractivity contribution in [1.29, 1.82) is 0 Å². The van der Waals surface area contributed by atoms with Crippen molar-refractivity contribution in [2.24, 2.45) is 17.3 Å². The van der Waals surface area contributed by atoms with Gasteiger partial charge in [-0.2, -0.15) is 4.68 Å². The molecule has 0 atom stereocenters. The lowest BCUT2D eigenvalue weighted by atomic mass is 10.1.